The molecule has 96 valence electrons. The fourth-order valence-electron chi connectivity index (χ4n) is 2.04. The van der Waals surface area contributed by atoms with Crippen LogP contribution in [0, 0.1) is 0 Å². The minimum atomic E-state index is -0.520. The molecule has 0 N–H and O–H groups in total. The number of hydrogen-bond donors (Lipinski definition) is 0. The van der Waals surface area contributed by atoms with Crippen LogP contribution in [0.5, 0.6) is 0 Å². The predicted molar refractivity (Wildman–Crippen MR) is 72.9 cm³/mol. The Morgan fingerprint density at radius 1 is 1.33 bits per heavy atom. The lowest BCUT2D eigenvalue weighted by Gasteiger charge is -2.33. The average molecular weight is 245 g/mol. The van der Waals surface area contributed by atoms with Gasteiger partial charge in [0.05, 0.1) is 5.54 Å². The first-order valence-electron chi connectivity index (χ1n) is 6.20. The Labute approximate surface area is 107 Å². The van der Waals surface area contributed by atoms with Crippen molar-refractivity contribution in [3.63, 3.8) is 0 Å². The minimum Gasteiger partial charge on any atom is -0.453 e. The highest BCUT2D eigenvalue weighted by Crippen LogP contribution is 2.26. The third-order valence-electron chi connectivity index (χ3n) is 3.81. The van der Waals surface area contributed by atoms with Crippen LogP contribution in [0.25, 0.3) is 11.0 Å². The number of ketones is 1. The van der Waals surface area contributed by atoms with Gasteiger partial charge >= 0.3 is 0 Å². The van der Waals surface area contributed by atoms with E-state index in [4.69, 9.17) is 4.42 Å². The summed E-state index contributed by atoms with van der Waals surface area (Å²) in [4.78, 5) is 14.5. The summed E-state index contributed by atoms with van der Waals surface area (Å²) in [6.07, 6.45) is 0.746. The number of Topliss-reactive ketones (excluding diaryl/α,β-unsaturated/α-hetero) is 1. The number of carbonyl (C=O) groups is 1. The Morgan fingerprint density at radius 2 is 2.00 bits per heavy atom. The molecule has 0 radical (unpaired) electrons. The molecule has 1 heterocycles. The van der Waals surface area contributed by atoms with E-state index in [1.165, 1.54) is 0 Å². The fraction of sp³-hybridized carbons (Fsp3) is 0.400. The van der Waals surface area contributed by atoms with E-state index in [1.54, 1.807) is 0 Å². The number of likely N-dealkylation sites (N-methyl/N-ethyl adjacent to an activating group) is 1. The third-order valence-corrected chi connectivity index (χ3v) is 3.81. The zero-order valence-electron chi connectivity index (χ0n) is 11.4. The zero-order valence-corrected chi connectivity index (χ0v) is 11.4. The molecule has 3 heteroatoms. The molecular formula is C15H19NO2. The summed E-state index contributed by atoms with van der Waals surface area (Å²) < 4.78 is 5.65. The standard InChI is InChI=1S/C15H19NO2/c1-5-15(2,16(3)4)14(17)13-10-11-8-6-7-9-12(11)18-13/h6-10H,5H2,1-4H3. The van der Waals surface area contributed by atoms with Crippen LogP contribution in [-0.4, -0.2) is 30.3 Å². The quantitative estimate of drug-likeness (QED) is 0.774. The second-order valence-corrected chi connectivity index (χ2v) is 5.00. The molecule has 1 aromatic heterocycles. The highest BCUT2D eigenvalue weighted by atomic mass is 16.3. The molecule has 1 unspecified atom stereocenters. The van der Waals surface area contributed by atoms with E-state index < -0.39 is 5.54 Å². The molecule has 18 heavy (non-hydrogen) atoms. The SMILES string of the molecule is CCC(C)(C(=O)c1cc2ccccc2o1)N(C)C. The van der Waals surface area contributed by atoms with Gasteiger partial charge in [0, 0.05) is 5.39 Å². The predicted octanol–water partition coefficient (Wildman–Crippen LogP) is 3.35. The fourth-order valence-corrected chi connectivity index (χ4v) is 2.04. The van der Waals surface area contributed by atoms with E-state index in [9.17, 15) is 4.79 Å². The third kappa shape index (κ3) is 1.95. The van der Waals surface area contributed by atoms with Gasteiger partial charge in [-0.15, -0.1) is 0 Å². The Hall–Kier alpha value is -1.61. The van der Waals surface area contributed by atoms with Gasteiger partial charge in [0.1, 0.15) is 5.58 Å². The smallest absolute Gasteiger partial charge is 0.217 e. The van der Waals surface area contributed by atoms with E-state index >= 15 is 0 Å². The summed E-state index contributed by atoms with van der Waals surface area (Å²) in [5.41, 5.74) is 0.242. The number of fused-ring (bicyclic) bond motifs is 1. The second kappa shape index (κ2) is 4.58. The first-order valence-corrected chi connectivity index (χ1v) is 6.20. The molecule has 3 nitrogen and oxygen atoms in total. The van der Waals surface area contributed by atoms with Crippen molar-refractivity contribution in [1.82, 2.24) is 4.90 Å². The molecule has 0 fully saturated rings. The maximum absolute atomic E-state index is 12.6. The molecule has 0 saturated heterocycles. The van der Waals surface area contributed by atoms with Crippen LogP contribution < -0.4 is 0 Å². The van der Waals surface area contributed by atoms with Gasteiger partial charge in [0.2, 0.25) is 5.78 Å². The summed E-state index contributed by atoms with van der Waals surface area (Å²) in [5, 5.41) is 0.970. The number of benzene rings is 1. The van der Waals surface area contributed by atoms with E-state index in [-0.39, 0.29) is 5.78 Å². The lowest BCUT2D eigenvalue weighted by molar-refractivity contribution is 0.0682. The molecule has 0 aliphatic carbocycles. The lowest BCUT2D eigenvalue weighted by atomic mass is 9.90. The van der Waals surface area contributed by atoms with Gasteiger partial charge in [-0.2, -0.15) is 0 Å². The van der Waals surface area contributed by atoms with Crippen molar-refractivity contribution in [1.29, 1.82) is 0 Å². The van der Waals surface area contributed by atoms with Crippen molar-refractivity contribution in [3.8, 4) is 0 Å². The van der Waals surface area contributed by atoms with Crippen molar-refractivity contribution >= 4 is 16.8 Å². The summed E-state index contributed by atoms with van der Waals surface area (Å²) in [5.74, 6) is 0.473. The first kappa shape index (κ1) is 12.8. The number of nitrogens with zero attached hydrogens (tertiary/aromatic N) is 1. The molecule has 0 aliphatic heterocycles. The second-order valence-electron chi connectivity index (χ2n) is 5.00. The number of carbonyl (C=O) groups excluding carboxylic acids is 1. The van der Waals surface area contributed by atoms with Crippen molar-refractivity contribution < 1.29 is 9.21 Å². The zero-order chi connectivity index (χ0) is 13.3. The van der Waals surface area contributed by atoms with Gasteiger partial charge < -0.3 is 4.42 Å². The maximum Gasteiger partial charge on any atom is 0.217 e. The van der Waals surface area contributed by atoms with Gasteiger partial charge in [0.25, 0.3) is 0 Å². The Kier molecular flexibility index (Phi) is 3.26. The summed E-state index contributed by atoms with van der Waals surface area (Å²) in [7, 11) is 3.84. The maximum atomic E-state index is 12.6. The molecule has 1 aromatic carbocycles. The summed E-state index contributed by atoms with van der Waals surface area (Å²) in [6, 6.07) is 9.51. The highest BCUT2D eigenvalue weighted by molar-refractivity contribution is 6.03. The van der Waals surface area contributed by atoms with E-state index in [1.807, 2.05) is 63.2 Å². The molecule has 1 atom stereocenters. The summed E-state index contributed by atoms with van der Waals surface area (Å²) >= 11 is 0. The molecule has 0 amide bonds. The first-order chi connectivity index (χ1) is 8.49. The number of rotatable bonds is 4. The lowest BCUT2D eigenvalue weighted by Crippen LogP contribution is -2.47. The number of hydrogen-bond acceptors (Lipinski definition) is 3. The Balaban J connectivity index is 2.44. The van der Waals surface area contributed by atoms with Crippen LogP contribution in [-0.2, 0) is 0 Å². The average Bonchev–Trinajstić information content (AvgIpc) is 2.80. The van der Waals surface area contributed by atoms with E-state index in [0.717, 1.165) is 17.4 Å². The van der Waals surface area contributed by atoms with Gasteiger partial charge in [-0.1, -0.05) is 25.1 Å². The number of furan rings is 1. The van der Waals surface area contributed by atoms with Gasteiger partial charge in [0.15, 0.2) is 5.76 Å². The topological polar surface area (TPSA) is 33.5 Å². The molecule has 0 spiro atoms. The molecule has 2 aromatic rings. The van der Waals surface area contributed by atoms with Crippen LogP contribution >= 0.6 is 0 Å². The van der Waals surface area contributed by atoms with Crippen LogP contribution in [0.4, 0.5) is 0 Å². The van der Waals surface area contributed by atoms with Gasteiger partial charge in [-0.3, -0.25) is 9.69 Å². The monoisotopic (exact) mass is 245 g/mol. The van der Waals surface area contributed by atoms with Crippen LogP contribution in [0.3, 0.4) is 0 Å². The van der Waals surface area contributed by atoms with Crippen molar-refractivity contribution in [2.75, 3.05) is 14.1 Å². The molecule has 2 rings (SSSR count). The molecule has 0 aliphatic rings. The highest BCUT2D eigenvalue weighted by Gasteiger charge is 2.36. The van der Waals surface area contributed by atoms with Crippen LogP contribution in [0.1, 0.15) is 30.8 Å². The molecule has 0 bridgehead atoms. The van der Waals surface area contributed by atoms with Gasteiger partial charge in [-0.05, 0) is 39.6 Å². The Bertz CT molecular complexity index is 538. The molecular weight excluding hydrogens is 226 g/mol. The van der Waals surface area contributed by atoms with E-state index in [0.29, 0.717) is 5.76 Å². The normalized spacial score (nSPS) is 14.9. The van der Waals surface area contributed by atoms with Crippen LogP contribution in [0.2, 0.25) is 0 Å². The van der Waals surface area contributed by atoms with Crippen molar-refractivity contribution in [3.05, 3.63) is 36.1 Å². The van der Waals surface area contributed by atoms with E-state index in [2.05, 4.69) is 0 Å². The minimum absolute atomic E-state index is 0.0335. The van der Waals surface area contributed by atoms with Gasteiger partial charge in [-0.25, -0.2) is 0 Å². The summed E-state index contributed by atoms with van der Waals surface area (Å²) in [6.45, 7) is 3.96. The largest absolute Gasteiger partial charge is 0.453 e. The number of para-hydroxylation sites is 1. The van der Waals surface area contributed by atoms with Crippen LogP contribution in [0.15, 0.2) is 34.7 Å². The Morgan fingerprint density at radius 3 is 2.56 bits per heavy atom. The molecule has 0 saturated carbocycles. The van der Waals surface area contributed by atoms with Crippen molar-refractivity contribution in [2.45, 2.75) is 25.8 Å². The van der Waals surface area contributed by atoms with Crippen molar-refractivity contribution in [2.24, 2.45) is 0 Å².